The summed E-state index contributed by atoms with van der Waals surface area (Å²) in [4.78, 5) is 11.5. The molecular weight excluding hydrogens is 224 g/mol. The van der Waals surface area contributed by atoms with Crippen LogP contribution in [-0.2, 0) is 4.79 Å². The second-order valence-electron chi connectivity index (χ2n) is 4.31. The van der Waals surface area contributed by atoms with Crippen molar-refractivity contribution < 1.29 is 9.53 Å². The van der Waals surface area contributed by atoms with Crippen molar-refractivity contribution in [2.45, 2.75) is 45.4 Å². The Labute approximate surface area is 110 Å². The molecule has 0 radical (unpaired) electrons. The third kappa shape index (κ3) is 6.89. The Morgan fingerprint density at radius 1 is 1.11 bits per heavy atom. The summed E-state index contributed by atoms with van der Waals surface area (Å²) in [6, 6.07) is 9.17. The first-order valence-corrected chi connectivity index (χ1v) is 6.73. The van der Waals surface area contributed by atoms with Gasteiger partial charge in [-0.3, -0.25) is 4.79 Å². The number of benzene rings is 1. The van der Waals surface area contributed by atoms with E-state index in [1.807, 2.05) is 24.3 Å². The van der Waals surface area contributed by atoms with E-state index in [9.17, 15) is 4.79 Å². The van der Waals surface area contributed by atoms with E-state index >= 15 is 0 Å². The predicted octanol–water partition coefficient (Wildman–Crippen LogP) is 4.51. The lowest BCUT2D eigenvalue weighted by molar-refractivity contribution is -0.133. The van der Waals surface area contributed by atoms with Gasteiger partial charge in [0.05, 0.1) is 6.42 Å². The van der Waals surface area contributed by atoms with Gasteiger partial charge in [-0.15, -0.1) is 0 Å². The Bertz CT molecular complexity index is 355. The Hall–Kier alpha value is -1.57. The monoisotopic (exact) mass is 246 g/mol. The molecule has 0 heterocycles. The number of carbonyl (C=O) groups is 1. The SMILES string of the molecule is CCCCCC/C=C/CC(=O)Oc1ccccc1. The van der Waals surface area contributed by atoms with Crippen molar-refractivity contribution in [2.24, 2.45) is 0 Å². The quantitative estimate of drug-likeness (QED) is 0.292. The van der Waals surface area contributed by atoms with Gasteiger partial charge >= 0.3 is 5.97 Å². The predicted molar refractivity (Wildman–Crippen MR) is 74.6 cm³/mol. The zero-order valence-corrected chi connectivity index (χ0v) is 11.1. The lowest BCUT2D eigenvalue weighted by Gasteiger charge is -2.01. The van der Waals surface area contributed by atoms with Crippen LogP contribution in [0.4, 0.5) is 0 Å². The van der Waals surface area contributed by atoms with Crippen molar-refractivity contribution in [2.75, 3.05) is 0 Å². The van der Waals surface area contributed by atoms with Gasteiger partial charge in [0.2, 0.25) is 0 Å². The molecule has 0 amide bonds. The van der Waals surface area contributed by atoms with E-state index in [1.165, 1.54) is 25.7 Å². The Morgan fingerprint density at radius 2 is 1.89 bits per heavy atom. The maximum absolute atomic E-state index is 11.5. The van der Waals surface area contributed by atoms with E-state index in [4.69, 9.17) is 4.74 Å². The van der Waals surface area contributed by atoms with Gasteiger partial charge in [-0.05, 0) is 25.0 Å². The molecule has 0 spiro atoms. The summed E-state index contributed by atoms with van der Waals surface area (Å²) in [5.74, 6) is 0.407. The minimum absolute atomic E-state index is 0.203. The van der Waals surface area contributed by atoms with Crippen LogP contribution in [0.3, 0.4) is 0 Å². The summed E-state index contributed by atoms with van der Waals surface area (Å²) < 4.78 is 5.17. The first-order valence-electron chi connectivity index (χ1n) is 6.73. The maximum Gasteiger partial charge on any atom is 0.315 e. The second-order valence-corrected chi connectivity index (χ2v) is 4.31. The number of esters is 1. The topological polar surface area (TPSA) is 26.3 Å². The highest BCUT2D eigenvalue weighted by Gasteiger charge is 2.00. The van der Waals surface area contributed by atoms with Crippen LogP contribution in [0.1, 0.15) is 45.4 Å². The van der Waals surface area contributed by atoms with E-state index < -0.39 is 0 Å². The van der Waals surface area contributed by atoms with Crippen molar-refractivity contribution in [3.8, 4) is 5.75 Å². The molecule has 18 heavy (non-hydrogen) atoms. The molecule has 0 aromatic heterocycles. The van der Waals surface area contributed by atoms with Crippen molar-refractivity contribution in [3.05, 3.63) is 42.5 Å². The van der Waals surface area contributed by atoms with E-state index in [0.717, 1.165) is 6.42 Å². The Balaban J connectivity index is 2.11. The van der Waals surface area contributed by atoms with Crippen LogP contribution >= 0.6 is 0 Å². The minimum Gasteiger partial charge on any atom is -0.426 e. The number of carbonyl (C=O) groups excluding carboxylic acids is 1. The van der Waals surface area contributed by atoms with Crippen molar-refractivity contribution in [1.82, 2.24) is 0 Å². The first-order chi connectivity index (χ1) is 8.83. The normalized spacial score (nSPS) is 10.7. The molecule has 2 nitrogen and oxygen atoms in total. The molecule has 0 fully saturated rings. The summed E-state index contributed by atoms with van der Waals surface area (Å²) in [6.45, 7) is 2.20. The first kappa shape index (κ1) is 14.5. The van der Waals surface area contributed by atoms with Crippen molar-refractivity contribution in [3.63, 3.8) is 0 Å². The Kier molecular flexibility index (Phi) is 7.61. The highest BCUT2D eigenvalue weighted by atomic mass is 16.5. The van der Waals surface area contributed by atoms with E-state index in [0.29, 0.717) is 12.2 Å². The van der Waals surface area contributed by atoms with Gasteiger partial charge in [-0.1, -0.05) is 56.5 Å². The zero-order valence-electron chi connectivity index (χ0n) is 11.1. The van der Waals surface area contributed by atoms with Gasteiger partial charge in [-0.25, -0.2) is 0 Å². The number of hydrogen-bond donors (Lipinski definition) is 0. The fourth-order valence-corrected chi connectivity index (χ4v) is 1.65. The third-order valence-corrected chi connectivity index (χ3v) is 2.65. The van der Waals surface area contributed by atoms with Crippen LogP contribution < -0.4 is 4.74 Å². The van der Waals surface area contributed by atoms with Gasteiger partial charge in [0, 0.05) is 0 Å². The molecule has 0 saturated heterocycles. The fourth-order valence-electron chi connectivity index (χ4n) is 1.65. The molecule has 0 N–H and O–H groups in total. The lowest BCUT2D eigenvalue weighted by atomic mass is 10.1. The van der Waals surface area contributed by atoms with Crippen LogP contribution in [0.25, 0.3) is 0 Å². The summed E-state index contributed by atoms with van der Waals surface area (Å²) in [5, 5.41) is 0. The summed E-state index contributed by atoms with van der Waals surface area (Å²) in [6.07, 6.45) is 10.4. The average Bonchev–Trinajstić information content (AvgIpc) is 2.39. The molecule has 0 unspecified atom stereocenters. The molecule has 0 aliphatic heterocycles. The average molecular weight is 246 g/mol. The smallest absolute Gasteiger partial charge is 0.315 e. The largest absolute Gasteiger partial charge is 0.426 e. The third-order valence-electron chi connectivity index (χ3n) is 2.65. The summed E-state index contributed by atoms with van der Waals surface area (Å²) in [5.41, 5.74) is 0. The maximum atomic E-state index is 11.5. The Morgan fingerprint density at radius 3 is 2.61 bits per heavy atom. The van der Waals surface area contributed by atoms with Crippen molar-refractivity contribution >= 4 is 5.97 Å². The summed E-state index contributed by atoms with van der Waals surface area (Å²) in [7, 11) is 0. The number of allylic oxidation sites excluding steroid dienone is 1. The number of rotatable bonds is 8. The molecule has 0 bridgehead atoms. The van der Waals surface area contributed by atoms with Crippen LogP contribution in [0.5, 0.6) is 5.75 Å². The van der Waals surface area contributed by atoms with E-state index in [1.54, 1.807) is 12.1 Å². The molecule has 0 atom stereocenters. The lowest BCUT2D eigenvalue weighted by Crippen LogP contribution is -2.05. The van der Waals surface area contributed by atoms with Gasteiger partial charge in [0.25, 0.3) is 0 Å². The number of para-hydroxylation sites is 1. The minimum atomic E-state index is -0.203. The molecule has 1 aromatic rings. The van der Waals surface area contributed by atoms with Crippen LogP contribution in [0.2, 0.25) is 0 Å². The molecule has 1 aromatic carbocycles. The fraction of sp³-hybridized carbons (Fsp3) is 0.438. The molecule has 0 aliphatic carbocycles. The number of unbranched alkanes of at least 4 members (excludes halogenated alkanes) is 4. The van der Waals surface area contributed by atoms with E-state index in [-0.39, 0.29) is 5.97 Å². The van der Waals surface area contributed by atoms with Crippen LogP contribution in [0.15, 0.2) is 42.5 Å². The number of ether oxygens (including phenoxy) is 1. The van der Waals surface area contributed by atoms with Crippen molar-refractivity contribution in [1.29, 1.82) is 0 Å². The molecule has 0 saturated carbocycles. The highest BCUT2D eigenvalue weighted by molar-refractivity contribution is 5.73. The van der Waals surface area contributed by atoms with Crippen LogP contribution in [0, 0.1) is 0 Å². The molecule has 2 heteroatoms. The van der Waals surface area contributed by atoms with Gasteiger partial charge in [-0.2, -0.15) is 0 Å². The van der Waals surface area contributed by atoms with Gasteiger partial charge in [0.15, 0.2) is 0 Å². The second kappa shape index (κ2) is 9.46. The zero-order chi connectivity index (χ0) is 13.1. The van der Waals surface area contributed by atoms with Gasteiger partial charge < -0.3 is 4.74 Å². The van der Waals surface area contributed by atoms with Crippen LogP contribution in [-0.4, -0.2) is 5.97 Å². The molecule has 0 aliphatic rings. The molecular formula is C16H22O2. The number of hydrogen-bond acceptors (Lipinski definition) is 2. The summed E-state index contributed by atoms with van der Waals surface area (Å²) >= 11 is 0. The molecule has 98 valence electrons. The van der Waals surface area contributed by atoms with E-state index in [2.05, 4.69) is 13.0 Å². The highest BCUT2D eigenvalue weighted by Crippen LogP contribution is 2.09. The molecule has 1 rings (SSSR count). The van der Waals surface area contributed by atoms with Gasteiger partial charge in [0.1, 0.15) is 5.75 Å². The standard InChI is InChI=1S/C16H22O2/c1-2-3-4-5-6-7-11-14-16(17)18-15-12-9-8-10-13-15/h7-13H,2-6,14H2,1H3/b11-7+.